The second-order valence-electron chi connectivity index (χ2n) is 6.43. The Hall–Kier alpha value is -2.22. The van der Waals surface area contributed by atoms with Gasteiger partial charge in [-0.2, -0.15) is 4.31 Å². The molecule has 1 aliphatic rings. The number of rotatable bonds is 5. The van der Waals surface area contributed by atoms with Crippen molar-refractivity contribution in [1.29, 1.82) is 0 Å². The summed E-state index contributed by atoms with van der Waals surface area (Å²) in [6.07, 6.45) is 1.18. The van der Waals surface area contributed by atoms with Crippen LogP contribution in [-0.2, 0) is 32.5 Å². The number of fused-ring (bicyclic) bond motifs is 1. The van der Waals surface area contributed by atoms with E-state index in [2.05, 4.69) is 5.32 Å². The molecule has 27 heavy (non-hydrogen) atoms. The highest BCUT2D eigenvalue weighted by Gasteiger charge is 2.39. The minimum Gasteiger partial charge on any atom is -0.345 e. The number of benzene rings is 2. The van der Waals surface area contributed by atoms with Crippen LogP contribution in [0.25, 0.3) is 0 Å². The van der Waals surface area contributed by atoms with Crippen LogP contribution in [0.5, 0.6) is 0 Å². The average molecular weight is 407 g/mol. The number of amides is 1. The van der Waals surface area contributed by atoms with Crippen LogP contribution in [-0.4, -0.2) is 44.0 Å². The van der Waals surface area contributed by atoms with Crippen molar-refractivity contribution in [3.05, 3.63) is 64.7 Å². The maximum Gasteiger partial charge on any atom is 0.243 e. The van der Waals surface area contributed by atoms with Crippen molar-refractivity contribution in [2.24, 2.45) is 0 Å². The number of carbonyl (C=O) groups is 2. The Morgan fingerprint density at radius 2 is 2.00 bits per heavy atom. The number of carbonyl (C=O) groups excluding carboxylic acids is 2. The molecule has 6 nitrogen and oxygen atoms in total. The predicted octanol–water partition coefficient (Wildman–Crippen LogP) is 1.81. The molecule has 0 spiro atoms. The van der Waals surface area contributed by atoms with Crippen LogP contribution >= 0.6 is 11.6 Å². The summed E-state index contributed by atoms with van der Waals surface area (Å²) in [5, 5.41) is 3.06. The van der Waals surface area contributed by atoms with Gasteiger partial charge in [0.1, 0.15) is 12.3 Å². The van der Waals surface area contributed by atoms with Gasteiger partial charge in [0, 0.05) is 12.1 Å². The standard InChI is InChI=1S/C19H19ClN2O4S/c1-22-17(11-14-10-15(20)7-8-18(14)27(22,25)26)19(24)21-16(12-23)9-13-5-3-2-4-6-13/h2-8,10,12,16-17H,9,11H2,1H3,(H,21,24)/t16-,17+/m0/s1. The van der Waals surface area contributed by atoms with E-state index in [0.717, 1.165) is 9.87 Å². The van der Waals surface area contributed by atoms with Crippen molar-refractivity contribution in [2.45, 2.75) is 29.8 Å². The van der Waals surface area contributed by atoms with Gasteiger partial charge in [-0.1, -0.05) is 41.9 Å². The van der Waals surface area contributed by atoms with Gasteiger partial charge >= 0.3 is 0 Å². The van der Waals surface area contributed by atoms with Crippen molar-refractivity contribution in [1.82, 2.24) is 9.62 Å². The summed E-state index contributed by atoms with van der Waals surface area (Å²) in [5.74, 6) is -0.514. The van der Waals surface area contributed by atoms with Crippen molar-refractivity contribution < 1.29 is 18.0 Å². The molecule has 2 atom stereocenters. The largest absolute Gasteiger partial charge is 0.345 e. The van der Waals surface area contributed by atoms with Crippen molar-refractivity contribution >= 4 is 33.8 Å². The predicted molar refractivity (Wildman–Crippen MR) is 102 cm³/mol. The van der Waals surface area contributed by atoms with E-state index < -0.39 is 28.0 Å². The normalized spacial score (nSPS) is 19.7. The molecule has 0 fully saturated rings. The maximum absolute atomic E-state index is 12.7. The monoisotopic (exact) mass is 406 g/mol. The molecule has 0 saturated carbocycles. The lowest BCUT2D eigenvalue weighted by molar-refractivity contribution is -0.127. The maximum atomic E-state index is 12.7. The first-order valence-electron chi connectivity index (χ1n) is 8.39. The van der Waals surface area contributed by atoms with Gasteiger partial charge < -0.3 is 10.1 Å². The minimum atomic E-state index is -3.81. The van der Waals surface area contributed by atoms with Gasteiger partial charge in [-0.3, -0.25) is 4.79 Å². The zero-order valence-electron chi connectivity index (χ0n) is 14.6. The summed E-state index contributed by atoms with van der Waals surface area (Å²) < 4.78 is 26.5. The van der Waals surface area contributed by atoms with E-state index in [-0.39, 0.29) is 11.3 Å². The van der Waals surface area contributed by atoms with Gasteiger partial charge in [-0.25, -0.2) is 8.42 Å². The Bertz CT molecular complexity index is 963. The first kappa shape index (κ1) is 19.5. The third-order valence-corrected chi connectivity index (χ3v) is 6.83. The highest BCUT2D eigenvalue weighted by atomic mass is 35.5. The Morgan fingerprint density at radius 3 is 2.67 bits per heavy atom. The summed E-state index contributed by atoms with van der Waals surface area (Å²) in [5.41, 5.74) is 1.39. The van der Waals surface area contributed by atoms with Crippen LogP contribution in [0.3, 0.4) is 0 Å². The molecule has 0 saturated heterocycles. The van der Waals surface area contributed by atoms with Crippen LogP contribution in [0.2, 0.25) is 5.02 Å². The van der Waals surface area contributed by atoms with Crippen LogP contribution in [0.15, 0.2) is 53.4 Å². The number of sulfonamides is 1. The fourth-order valence-electron chi connectivity index (χ4n) is 3.16. The second kappa shape index (κ2) is 7.80. The number of nitrogens with zero attached hydrogens (tertiary/aromatic N) is 1. The summed E-state index contributed by atoms with van der Waals surface area (Å²) in [7, 11) is -2.44. The fourth-order valence-corrected chi connectivity index (χ4v) is 4.88. The van der Waals surface area contributed by atoms with E-state index in [1.165, 1.54) is 19.2 Å². The number of aldehydes is 1. The number of hydrogen-bond acceptors (Lipinski definition) is 4. The Balaban J connectivity index is 1.81. The van der Waals surface area contributed by atoms with E-state index in [4.69, 9.17) is 11.6 Å². The molecule has 2 aromatic carbocycles. The zero-order valence-corrected chi connectivity index (χ0v) is 16.2. The molecule has 8 heteroatoms. The van der Waals surface area contributed by atoms with Crippen molar-refractivity contribution in [3.8, 4) is 0 Å². The topological polar surface area (TPSA) is 83.6 Å². The average Bonchev–Trinajstić information content (AvgIpc) is 2.64. The summed E-state index contributed by atoms with van der Waals surface area (Å²) >= 11 is 5.98. The third kappa shape index (κ3) is 4.05. The van der Waals surface area contributed by atoms with Crippen LogP contribution < -0.4 is 5.32 Å². The fraction of sp³-hybridized carbons (Fsp3) is 0.263. The molecular formula is C19H19ClN2O4S. The lowest BCUT2D eigenvalue weighted by atomic mass is 10.0. The van der Waals surface area contributed by atoms with E-state index in [1.807, 2.05) is 30.3 Å². The summed E-state index contributed by atoms with van der Waals surface area (Å²) in [6, 6.07) is 12.1. The number of likely N-dealkylation sites (N-methyl/N-ethyl adjacent to an activating group) is 1. The van der Waals surface area contributed by atoms with Crippen LogP contribution in [0.1, 0.15) is 11.1 Å². The van der Waals surface area contributed by atoms with Gasteiger partial charge in [0.15, 0.2) is 0 Å². The van der Waals surface area contributed by atoms with Gasteiger partial charge in [0.2, 0.25) is 15.9 Å². The molecule has 1 heterocycles. The minimum absolute atomic E-state index is 0.148. The van der Waals surface area contributed by atoms with Gasteiger partial charge in [0.05, 0.1) is 10.9 Å². The summed E-state index contributed by atoms with van der Waals surface area (Å²) in [6.45, 7) is 0. The first-order valence-corrected chi connectivity index (χ1v) is 10.2. The Kier molecular flexibility index (Phi) is 5.64. The van der Waals surface area contributed by atoms with Gasteiger partial charge in [0.25, 0.3) is 0 Å². The molecule has 0 radical (unpaired) electrons. The number of hydrogen-bond donors (Lipinski definition) is 1. The van der Waals surface area contributed by atoms with Gasteiger partial charge in [-0.15, -0.1) is 0 Å². The highest BCUT2D eigenvalue weighted by molar-refractivity contribution is 7.89. The molecule has 0 bridgehead atoms. The molecule has 0 aromatic heterocycles. The first-order chi connectivity index (χ1) is 12.8. The molecule has 3 rings (SSSR count). The molecular weight excluding hydrogens is 388 g/mol. The zero-order chi connectivity index (χ0) is 19.6. The van der Waals surface area contributed by atoms with Crippen LogP contribution in [0, 0.1) is 0 Å². The number of halogens is 1. The molecule has 1 aliphatic heterocycles. The Morgan fingerprint density at radius 1 is 1.30 bits per heavy atom. The SMILES string of the molecule is CN1[C@@H](C(=O)N[C@H](C=O)Cc2ccccc2)Cc2cc(Cl)ccc2S1(=O)=O. The lowest BCUT2D eigenvalue weighted by Gasteiger charge is -2.33. The van der Waals surface area contributed by atoms with E-state index in [0.29, 0.717) is 23.3 Å². The molecule has 1 amide bonds. The lowest BCUT2D eigenvalue weighted by Crippen LogP contribution is -2.54. The highest BCUT2D eigenvalue weighted by Crippen LogP contribution is 2.31. The quantitative estimate of drug-likeness (QED) is 0.767. The molecule has 0 aliphatic carbocycles. The summed E-state index contributed by atoms with van der Waals surface area (Å²) in [4.78, 5) is 24.3. The van der Waals surface area contributed by atoms with E-state index in [1.54, 1.807) is 6.07 Å². The number of nitrogens with one attached hydrogen (secondary N) is 1. The van der Waals surface area contributed by atoms with Crippen molar-refractivity contribution in [2.75, 3.05) is 7.05 Å². The molecule has 2 aromatic rings. The third-order valence-electron chi connectivity index (χ3n) is 4.62. The second-order valence-corrected chi connectivity index (χ2v) is 8.84. The van der Waals surface area contributed by atoms with E-state index >= 15 is 0 Å². The molecule has 1 N–H and O–H groups in total. The molecule has 142 valence electrons. The van der Waals surface area contributed by atoms with E-state index in [9.17, 15) is 18.0 Å². The van der Waals surface area contributed by atoms with Gasteiger partial charge in [-0.05, 0) is 42.2 Å². The Labute approximate surface area is 163 Å². The van der Waals surface area contributed by atoms with Crippen molar-refractivity contribution in [3.63, 3.8) is 0 Å². The molecule has 0 unspecified atom stereocenters. The smallest absolute Gasteiger partial charge is 0.243 e. The van der Waals surface area contributed by atoms with Crippen LogP contribution in [0.4, 0.5) is 0 Å².